The number of thioether (sulfide) groups is 1. The molecular weight excluding hydrogens is 294 g/mol. The molecule has 1 aromatic rings. The van der Waals surface area contributed by atoms with Crippen LogP contribution >= 0.6 is 23.3 Å². The fourth-order valence-electron chi connectivity index (χ4n) is 2.32. The molecule has 1 aliphatic carbocycles. The minimum Gasteiger partial charge on any atom is -0.465 e. The molecule has 1 N–H and O–H groups in total. The highest BCUT2D eigenvalue weighted by Gasteiger charge is 2.52. The molecule has 1 unspecified atom stereocenters. The van der Waals surface area contributed by atoms with Gasteiger partial charge in [-0.3, -0.25) is 10.1 Å². The zero-order chi connectivity index (χ0) is 14.6. The summed E-state index contributed by atoms with van der Waals surface area (Å²) in [5.74, 6) is 0.877. The molecule has 0 saturated heterocycles. The van der Waals surface area contributed by atoms with Crippen molar-refractivity contribution in [1.82, 2.24) is 14.7 Å². The maximum Gasteiger partial charge on any atom is 0.327 e. The number of rotatable bonds is 8. The summed E-state index contributed by atoms with van der Waals surface area (Å²) in [5, 5.41) is 3.46. The highest BCUT2D eigenvalue weighted by atomic mass is 32.2. The molecule has 0 aliphatic heterocycles. The molecule has 1 fully saturated rings. The number of ether oxygens (including phenoxy) is 1. The van der Waals surface area contributed by atoms with Gasteiger partial charge >= 0.3 is 5.97 Å². The quantitative estimate of drug-likeness (QED) is 0.587. The molecule has 1 heterocycles. The van der Waals surface area contributed by atoms with Gasteiger partial charge in [0.25, 0.3) is 0 Å². The minimum absolute atomic E-state index is 0.131. The van der Waals surface area contributed by atoms with Crippen molar-refractivity contribution in [3.8, 4) is 0 Å². The number of hydrogen-bond acceptors (Lipinski definition) is 7. The number of hydrogen-bond donors (Lipinski definition) is 1. The average molecular weight is 315 g/mol. The van der Waals surface area contributed by atoms with E-state index in [0.29, 0.717) is 18.3 Å². The van der Waals surface area contributed by atoms with Crippen molar-refractivity contribution >= 4 is 29.3 Å². The fraction of sp³-hybridized carbons (Fsp3) is 0.769. The number of nitrogens with zero attached hydrogens (tertiary/aromatic N) is 2. The zero-order valence-electron chi connectivity index (χ0n) is 12.1. The van der Waals surface area contributed by atoms with Crippen LogP contribution in [0.3, 0.4) is 0 Å². The van der Waals surface area contributed by atoms with Crippen molar-refractivity contribution in [2.75, 3.05) is 12.4 Å². The van der Waals surface area contributed by atoms with Crippen molar-refractivity contribution in [2.45, 2.75) is 49.5 Å². The molecule has 0 aromatic carbocycles. The number of aromatic nitrogens is 2. The van der Waals surface area contributed by atoms with Crippen LogP contribution in [0.2, 0.25) is 0 Å². The molecule has 0 bridgehead atoms. The number of carbonyl (C=O) groups excluding carboxylic acids is 1. The summed E-state index contributed by atoms with van der Waals surface area (Å²) in [6.07, 6.45) is 3.70. The third kappa shape index (κ3) is 3.71. The molecule has 1 saturated carbocycles. The molecular formula is C13H21N3O2S2. The SMILES string of the molecule is CCOC(=O)C(CSc1ncns1)(NC(C)C)C1CC1. The van der Waals surface area contributed by atoms with Crippen molar-refractivity contribution in [3.63, 3.8) is 0 Å². The van der Waals surface area contributed by atoms with Gasteiger partial charge in [-0.05, 0) is 51.1 Å². The summed E-state index contributed by atoms with van der Waals surface area (Å²) < 4.78 is 10.2. The Morgan fingerprint density at radius 2 is 2.40 bits per heavy atom. The van der Waals surface area contributed by atoms with Crippen LogP contribution in [0.15, 0.2) is 10.7 Å². The van der Waals surface area contributed by atoms with E-state index in [1.807, 2.05) is 6.92 Å². The summed E-state index contributed by atoms with van der Waals surface area (Å²) in [6, 6.07) is 0.232. The Balaban J connectivity index is 2.13. The van der Waals surface area contributed by atoms with Crippen LogP contribution in [-0.4, -0.2) is 39.3 Å². The third-order valence-corrected chi connectivity index (χ3v) is 5.22. The predicted octanol–water partition coefficient (Wildman–Crippen LogP) is 2.34. The molecule has 0 spiro atoms. The topological polar surface area (TPSA) is 64.1 Å². The van der Waals surface area contributed by atoms with Gasteiger partial charge in [0, 0.05) is 11.8 Å². The van der Waals surface area contributed by atoms with E-state index in [0.717, 1.165) is 17.2 Å². The normalized spacial score (nSPS) is 18.0. The molecule has 1 aliphatic rings. The van der Waals surface area contributed by atoms with Gasteiger partial charge in [-0.15, -0.1) is 0 Å². The van der Waals surface area contributed by atoms with Crippen LogP contribution in [0.4, 0.5) is 0 Å². The van der Waals surface area contributed by atoms with Crippen LogP contribution in [0, 0.1) is 5.92 Å². The van der Waals surface area contributed by atoms with Gasteiger partial charge in [-0.25, -0.2) is 4.98 Å². The molecule has 0 amide bonds. The Labute approximate surface area is 128 Å². The fourth-order valence-corrected chi connectivity index (χ4v) is 4.02. The molecule has 20 heavy (non-hydrogen) atoms. The Bertz CT molecular complexity index is 435. The lowest BCUT2D eigenvalue weighted by Gasteiger charge is -2.34. The van der Waals surface area contributed by atoms with E-state index >= 15 is 0 Å². The summed E-state index contributed by atoms with van der Waals surface area (Å²) >= 11 is 2.94. The lowest BCUT2D eigenvalue weighted by atomic mass is 9.94. The first-order chi connectivity index (χ1) is 9.58. The lowest BCUT2D eigenvalue weighted by molar-refractivity contribution is -0.151. The van der Waals surface area contributed by atoms with Gasteiger partial charge in [-0.2, -0.15) is 4.37 Å². The standard InChI is InChI=1S/C13H21N3O2S2/c1-4-18-11(17)13(10-5-6-10,16-9(2)3)7-19-12-14-8-15-20-12/h8-10,16H,4-7H2,1-3H3. The van der Waals surface area contributed by atoms with Crippen LogP contribution in [0.5, 0.6) is 0 Å². The van der Waals surface area contributed by atoms with Crippen molar-refractivity contribution < 1.29 is 9.53 Å². The molecule has 1 aromatic heterocycles. The molecule has 0 radical (unpaired) electrons. The van der Waals surface area contributed by atoms with Gasteiger partial charge in [0.05, 0.1) is 6.61 Å². The summed E-state index contributed by atoms with van der Waals surface area (Å²) in [5.41, 5.74) is -0.597. The van der Waals surface area contributed by atoms with Gasteiger partial charge in [0.2, 0.25) is 0 Å². The molecule has 5 nitrogen and oxygen atoms in total. The Morgan fingerprint density at radius 3 is 2.90 bits per heavy atom. The monoisotopic (exact) mass is 315 g/mol. The van der Waals surface area contributed by atoms with E-state index in [9.17, 15) is 4.79 Å². The first kappa shape index (κ1) is 15.7. The number of nitrogens with one attached hydrogen (secondary N) is 1. The van der Waals surface area contributed by atoms with E-state index in [4.69, 9.17) is 4.74 Å². The van der Waals surface area contributed by atoms with Crippen LogP contribution in [0.25, 0.3) is 0 Å². The van der Waals surface area contributed by atoms with Crippen LogP contribution in [-0.2, 0) is 9.53 Å². The second-order valence-corrected chi connectivity index (χ2v) is 7.26. The maximum absolute atomic E-state index is 12.5. The van der Waals surface area contributed by atoms with Gasteiger partial charge in [-0.1, -0.05) is 11.8 Å². The van der Waals surface area contributed by atoms with E-state index in [1.54, 1.807) is 18.1 Å². The average Bonchev–Trinajstić information content (AvgIpc) is 3.12. The Morgan fingerprint density at radius 1 is 1.65 bits per heavy atom. The predicted molar refractivity (Wildman–Crippen MR) is 81.0 cm³/mol. The minimum atomic E-state index is -0.597. The van der Waals surface area contributed by atoms with Crippen molar-refractivity contribution in [3.05, 3.63) is 6.33 Å². The number of carbonyl (C=O) groups is 1. The second kappa shape index (κ2) is 6.87. The Kier molecular flexibility index (Phi) is 5.40. The van der Waals surface area contributed by atoms with Crippen molar-refractivity contribution in [1.29, 1.82) is 0 Å². The second-order valence-electron chi connectivity index (χ2n) is 5.26. The molecule has 112 valence electrons. The highest BCUT2D eigenvalue weighted by Crippen LogP contribution is 2.43. The summed E-state index contributed by atoms with van der Waals surface area (Å²) in [7, 11) is 0. The van der Waals surface area contributed by atoms with Crippen LogP contribution < -0.4 is 5.32 Å². The maximum atomic E-state index is 12.5. The van der Waals surface area contributed by atoms with E-state index in [-0.39, 0.29) is 12.0 Å². The van der Waals surface area contributed by atoms with Crippen molar-refractivity contribution in [2.24, 2.45) is 5.92 Å². The largest absolute Gasteiger partial charge is 0.465 e. The van der Waals surface area contributed by atoms with Gasteiger partial charge < -0.3 is 4.74 Å². The van der Waals surface area contributed by atoms with E-state index < -0.39 is 5.54 Å². The lowest BCUT2D eigenvalue weighted by Crippen LogP contribution is -2.59. The molecule has 2 rings (SSSR count). The zero-order valence-corrected chi connectivity index (χ0v) is 13.7. The summed E-state index contributed by atoms with van der Waals surface area (Å²) in [4.78, 5) is 16.7. The van der Waals surface area contributed by atoms with Gasteiger partial charge in [0.1, 0.15) is 11.9 Å². The molecule has 7 heteroatoms. The van der Waals surface area contributed by atoms with E-state index in [1.165, 1.54) is 11.5 Å². The smallest absolute Gasteiger partial charge is 0.327 e. The number of esters is 1. The van der Waals surface area contributed by atoms with E-state index in [2.05, 4.69) is 28.5 Å². The Hall–Kier alpha value is -0.660. The third-order valence-electron chi connectivity index (χ3n) is 3.22. The molecule has 1 atom stereocenters. The first-order valence-electron chi connectivity index (χ1n) is 6.93. The highest BCUT2D eigenvalue weighted by molar-refractivity contribution is 8.01. The van der Waals surface area contributed by atoms with Crippen LogP contribution in [0.1, 0.15) is 33.6 Å². The first-order valence-corrected chi connectivity index (χ1v) is 8.68. The summed E-state index contributed by atoms with van der Waals surface area (Å²) in [6.45, 7) is 6.39. The van der Waals surface area contributed by atoms with Gasteiger partial charge in [0.15, 0.2) is 4.34 Å².